The van der Waals surface area contributed by atoms with Gasteiger partial charge in [-0.2, -0.15) is 0 Å². The lowest BCUT2D eigenvalue weighted by atomic mass is 10.2. The molecule has 1 aromatic carbocycles. The first-order chi connectivity index (χ1) is 6.18. The molecule has 0 fully saturated rings. The molecule has 0 spiro atoms. The van der Waals surface area contributed by atoms with Gasteiger partial charge in [0.2, 0.25) is 0 Å². The van der Waals surface area contributed by atoms with E-state index in [4.69, 9.17) is 23.2 Å². The molecular formula is C9H4BrCl2N. The standard InChI is InChI=1S/C9H4BrCl2N/c10-8-4-5(11)3-7-6(8)1-2-13-9(7)12/h1-4H. The van der Waals surface area contributed by atoms with Crippen molar-refractivity contribution in [1.82, 2.24) is 4.98 Å². The van der Waals surface area contributed by atoms with Crippen LogP contribution in [0.4, 0.5) is 0 Å². The highest BCUT2D eigenvalue weighted by molar-refractivity contribution is 9.10. The molecule has 0 aliphatic rings. The van der Waals surface area contributed by atoms with Crippen LogP contribution in [0.1, 0.15) is 0 Å². The zero-order chi connectivity index (χ0) is 9.42. The molecular weight excluding hydrogens is 273 g/mol. The lowest BCUT2D eigenvalue weighted by Gasteiger charge is -2.02. The fourth-order valence-corrected chi connectivity index (χ4v) is 2.33. The number of pyridine rings is 1. The van der Waals surface area contributed by atoms with Gasteiger partial charge in [0.25, 0.3) is 0 Å². The zero-order valence-electron chi connectivity index (χ0n) is 6.39. The smallest absolute Gasteiger partial charge is 0.136 e. The average Bonchev–Trinajstić information content (AvgIpc) is 2.07. The van der Waals surface area contributed by atoms with Gasteiger partial charge in [-0.15, -0.1) is 0 Å². The van der Waals surface area contributed by atoms with Gasteiger partial charge < -0.3 is 0 Å². The van der Waals surface area contributed by atoms with Crippen LogP contribution in [-0.2, 0) is 0 Å². The van der Waals surface area contributed by atoms with E-state index in [0.29, 0.717) is 10.2 Å². The fraction of sp³-hybridized carbons (Fsp3) is 0. The van der Waals surface area contributed by atoms with Crippen LogP contribution in [0.3, 0.4) is 0 Å². The highest BCUT2D eigenvalue weighted by Gasteiger charge is 2.04. The molecule has 0 bridgehead atoms. The van der Waals surface area contributed by atoms with Gasteiger partial charge in [0.1, 0.15) is 5.15 Å². The zero-order valence-corrected chi connectivity index (χ0v) is 9.49. The second-order valence-corrected chi connectivity index (χ2v) is 4.23. The van der Waals surface area contributed by atoms with Crippen molar-refractivity contribution in [1.29, 1.82) is 0 Å². The van der Waals surface area contributed by atoms with Gasteiger partial charge in [-0.05, 0) is 18.2 Å². The van der Waals surface area contributed by atoms with Crippen LogP contribution in [0.15, 0.2) is 28.9 Å². The molecule has 2 aromatic rings. The minimum Gasteiger partial charge on any atom is -0.244 e. The minimum absolute atomic E-state index is 0.473. The number of nitrogens with zero attached hydrogens (tertiary/aromatic N) is 1. The average molecular weight is 277 g/mol. The Morgan fingerprint density at radius 1 is 1.15 bits per heavy atom. The highest BCUT2D eigenvalue weighted by Crippen LogP contribution is 2.30. The van der Waals surface area contributed by atoms with Crippen molar-refractivity contribution in [2.24, 2.45) is 0 Å². The predicted octanol–water partition coefficient (Wildman–Crippen LogP) is 4.30. The number of hydrogen-bond donors (Lipinski definition) is 0. The SMILES string of the molecule is Clc1cc(Br)c2ccnc(Cl)c2c1. The molecule has 1 aromatic heterocycles. The van der Waals surface area contributed by atoms with Crippen LogP contribution >= 0.6 is 39.1 Å². The lowest BCUT2D eigenvalue weighted by Crippen LogP contribution is -1.80. The van der Waals surface area contributed by atoms with Gasteiger partial charge in [0.15, 0.2) is 0 Å². The van der Waals surface area contributed by atoms with E-state index in [1.165, 1.54) is 0 Å². The molecule has 0 unspecified atom stereocenters. The third kappa shape index (κ3) is 1.66. The maximum absolute atomic E-state index is 5.91. The molecule has 0 aliphatic heterocycles. The summed E-state index contributed by atoms with van der Waals surface area (Å²) in [5.41, 5.74) is 0. The second kappa shape index (κ2) is 3.45. The quantitative estimate of drug-likeness (QED) is 0.654. The van der Waals surface area contributed by atoms with Crippen molar-refractivity contribution in [3.63, 3.8) is 0 Å². The Balaban J connectivity index is 2.94. The van der Waals surface area contributed by atoms with Gasteiger partial charge in [0.05, 0.1) is 0 Å². The Labute approximate surface area is 93.8 Å². The third-order valence-corrected chi connectivity index (χ3v) is 2.92. The molecule has 0 amide bonds. The molecule has 13 heavy (non-hydrogen) atoms. The van der Waals surface area contributed by atoms with E-state index in [1.807, 2.05) is 12.1 Å². The molecule has 0 N–H and O–H groups in total. The summed E-state index contributed by atoms with van der Waals surface area (Å²) in [6.45, 7) is 0. The third-order valence-electron chi connectivity index (χ3n) is 1.75. The number of aromatic nitrogens is 1. The lowest BCUT2D eigenvalue weighted by molar-refractivity contribution is 1.36. The van der Waals surface area contributed by atoms with Crippen LogP contribution < -0.4 is 0 Å². The van der Waals surface area contributed by atoms with Crippen molar-refractivity contribution in [2.45, 2.75) is 0 Å². The van der Waals surface area contributed by atoms with E-state index in [1.54, 1.807) is 12.3 Å². The van der Waals surface area contributed by atoms with Crippen molar-refractivity contribution in [2.75, 3.05) is 0 Å². The van der Waals surface area contributed by atoms with Crippen LogP contribution in [0, 0.1) is 0 Å². The molecule has 0 radical (unpaired) electrons. The van der Waals surface area contributed by atoms with Crippen LogP contribution in [-0.4, -0.2) is 4.98 Å². The van der Waals surface area contributed by atoms with Gasteiger partial charge >= 0.3 is 0 Å². The normalized spacial score (nSPS) is 10.7. The van der Waals surface area contributed by atoms with E-state index < -0.39 is 0 Å². The first-order valence-electron chi connectivity index (χ1n) is 3.58. The van der Waals surface area contributed by atoms with E-state index in [-0.39, 0.29) is 0 Å². The van der Waals surface area contributed by atoms with Gasteiger partial charge in [0, 0.05) is 26.5 Å². The maximum atomic E-state index is 5.91. The summed E-state index contributed by atoms with van der Waals surface area (Å²) >= 11 is 15.2. The first-order valence-corrected chi connectivity index (χ1v) is 5.12. The van der Waals surface area contributed by atoms with Gasteiger partial charge in [-0.1, -0.05) is 39.1 Å². The van der Waals surface area contributed by atoms with Crippen LogP contribution in [0.25, 0.3) is 10.8 Å². The fourth-order valence-electron chi connectivity index (χ4n) is 1.17. The molecule has 4 heteroatoms. The molecule has 66 valence electrons. The number of benzene rings is 1. The summed E-state index contributed by atoms with van der Waals surface area (Å²) in [6.07, 6.45) is 1.67. The molecule has 0 atom stereocenters. The molecule has 0 aliphatic carbocycles. The van der Waals surface area contributed by atoms with Gasteiger partial charge in [-0.25, -0.2) is 4.98 Å². The predicted molar refractivity (Wildman–Crippen MR) is 59.5 cm³/mol. The molecule has 1 nitrogen and oxygen atoms in total. The molecule has 0 saturated carbocycles. The van der Waals surface area contributed by atoms with Crippen molar-refractivity contribution >= 4 is 49.9 Å². The highest BCUT2D eigenvalue weighted by atomic mass is 79.9. The number of rotatable bonds is 0. The van der Waals surface area contributed by atoms with E-state index in [2.05, 4.69) is 20.9 Å². The minimum atomic E-state index is 0.473. The van der Waals surface area contributed by atoms with Gasteiger partial charge in [-0.3, -0.25) is 0 Å². The second-order valence-electron chi connectivity index (χ2n) is 2.58. The summed E-state index contributed by atoms with van der Waals surface area (Å²) in [7, 11) is 0. The maximum Gasteiger partial charge on any atom is 0.136 e. The summed E-state index contributed by atoms with van der Waals surface area (Å²) in [5, 5.41) is 3.00. The topological polar surface area (TPSA) is 12.9 Å². The molecule has 2 rings (SSSR count). The Morgan fingerprint density at radius 3 is 2.69 bits per heavy atom. The number of fused-ring (bicyclic) bond motifs is 1. The van der Waals surface area contributed by atoms with E-state index >= 15 is 0 Å². The Kier molecular flexibility index (Phi) is 2.45. The van der Waals surface area contributed by atoms with E-state index in [9.17, 15) is 0 Å². The summed E-state index contributed by atoms with van der Waals surface area (Å²) < 4.78 is 0.930. The van der Waals surface area contributed by atoms with Crippen LogP contribution in [0.5, 0.6) is 0 Å². The Morgan fingerprint density at radius 2 is 1.92 bits per heavy atom. The Bertz CT molecular complexity index is 470. The molecule has 0 saturated heterocycles. The Hall–Kier alpha value is -0.310. The van der Waals surface area contributed by atoms with Crippen LogP contribution in [0.2, 0.25) is 10.2 Å². The van der Waals surface area contributed by atoms with Crippen molar-refractivity contribution in [3.8, 4) is 0 Å². The molecule has 1 heterocycles. The number of halogens is 3. The summed E-state index contributed by atoms with van der Waals surface area (Å²) in [4.78, 5) is 3.98. The summed E-state index contributed by atoms with van der Waals surface area (Å²) in [5.74, 6) is 0. The summed E-state index contributed by atoms with van der Waals surface area (Å²) in [6, 6.07) is 5.53. The van der Waals surface area contributed by atoms with Crippen molar-refractivity contribution < 1.29 is 0 Å². The monoisotopic (exact) mass is 275 g/mol. The number of hydrogen-bond acceptors (Lipinski definition) is 1. The first kappa shape index (κ1) is 9.25. The van der Waals surface area contributed by atoms with E-state index in [0.717, 1.165) is 15.2 Å². The largest absolute Gasteiger partial charge is 0.244 e. The van der Waals surface area contributed by atoms with Crippen molar-refractivity contribution in [3.05, 3.63) is 39.0 Å².